The van der Waals surface area contributed by atoms with Crippen LogP contribution in [0.1, 0.15) is 37.3 Å². The maximum Gasteiger partial charge on any atom is 0.224 e. The highest BCUT2D eigenvalue weighted by atomic mass is 79.9. The van der Waals surface area contributed by atoms with Gasteiger partial charge in [0.05, 0.1) is 6.42 Å². The first-order valence-electron chi connectivity index (χ1n) is 7.04. The fourth-order valence-corrected chi connectivity index (χ4v) is 2.86. The lowest BCUT2D eigenvalue weighted by atomic mass is 10.0. The molecule has 0 aromatic heterocycles. The van der Waals surface area contributed by atoms with Crippen LogP contribution in [-0.4, -0.2) is 17.8 Å². The molecule has 1 rings (SSSR count). The Labute approximate surface area is 125 Å². The molecule has 0 bridgehead atoms. The van der Waals surface area contributed by atoms with Gasteiger partial charge in [0.25, 0.3) is 0 Å². The minimum atomic E-state index is 0.130. The van der Waals surface area contributed by atoms with E-state index in [9.17, 15) is 4.79 Å². The molecule has 0 aliphatic heterocycles. The molecule has 0 saturated carbocycles. The van der Waals surface area contributed by atoms with Crippen LogP contribution in [0.4, 0.5) is 0 Å². The fourth-order valence-electron chi connectivity index (χ4n) is 2.21. The van der Waals surface area contributed by atoms with Crippen LogP contribution in [0, 0.1) is 12.8 Å². The van der Waals surface area contributed by atoms with Crippen molar-refractivity contribution in [1.82, 2.24) is 5.32 Å². The van der Waals surface area contributed by atoms with Gasteiger partial charge < -0.3 is 5.32 Å². The van der Waals surface area contributed by atoms with Crippen LogP contribution in [0.15, 0.2) is 24.3 Å². The quantitative estimate of drug-likeness (QED) is 0.722. The van der Waals surface area contributed by atoms with E-state index in [2.05, 4.69) is 28.2 Å². The van der Waals surface area contributed by atoms with Gasteiger partial charge in [0.15, 0.2) is 0 Å². The van der Waals surface area contributed by atoms with Crippen LogP contribution in [0.25, 0.3) is 0 Å². The fraction of sp³-hybridized carbons (Fsp3) is 0.562. The normalized spacial score (nSPS) is 12.2. The van der Waals surface area contributed by atoms with E-state index in [-0.39, 0.29) is 5.91 Å². The SMILES string of the molecule is CCCC(CCBr)CNC(=O)Cc1ccccc1C. The van der Waals surface area contributed by atoms with Crippen molar-refractivity contribution in [2.75, 3.05) is 11.9 Å². The topological polar surface area (TPSA) is 29.1 Å². The van der Waals surface area contributed by atoms with Crippen LogP contribution in [-0.2, 0) is 11.2 Å². The van der Waals surface area contributed by atoms with Crippen molar-refractivity contribution in [1.29, 1.82) is 0 Å². The zero-order chi connectivity index (χ0) is 14.1. The number of amides is 1. The predicted molar refractivity (Wildman–Crippen MR) is 84.7 cm³/mol. The summed E-state index contributed by atoms with van der Waals surface area (Å²) in [6, 6.07) is 8.06. The number of hydrogen-bond acceptors (Lipinski definition) is 1. The molecule has 1 amide bonds. The Hall–Kier alpha value is -0.830. The Morgan fingerprint density at radius 3 is 2.68 bits per heavy atom. The van der Waals surface area contributed by atoms with E-state index in [0.717, 1.165) is 23.9 Å². The third-order valence-electron chi connectivity index (χ3n) is 3.41. The summed E-state index contributed by atoms with van der Waals surface area (Å²) in [7, 11) is 0. The van der Waals surface area contributed by atoms with Crippen molar-refractivity contribution in [2.24, 2.45) is 5.92 Å². The van der Waals surface area contributed by atoms with Crippen molar-refractivity contribution < 1.29 is 4.79 Å². The molecule has 106 valence electrons. The first-order valence-corrected chi connectivity index (χ1v) is 8.16. The van der Waals surface area contributed by atoms with Crippen molar-refractivity contribution in [3.05, 3.63) is 35.4 Å². The molecule has 0 aliphatic carbocycles. The van der Waals surface area contributed by atoms with Gasteiger partial charge in [0, 0.05) is 11.9 Å². The molecule has 0 saturated heterocycles. The summed E-state index contributed by atoms with van der Waals surface area (Å²) in [6.07, 6.45) is 3.96. The van der Waals surface area contributed by atoms with Gasteiger partial charge in [-0.1, -0.05) is 53.5 Å². The number of alkyl halides is 1. The Morgan fingerprint density at radius 2 is 2.05 bits per heavy atom. The first-order chi connectivity index (χ1) is 9.17. The molecule has 0 spiro atoms. The largest absolute Gasteiger partial charge is 0.356 e. The second-order valence-corrected chi connectivity index (χ2v) is 5.83. The van der Waals surface area contributed by atoms with Crippen LogP contribution in [0.5, 0.6) is 0 Å². The average molecular weight is 326 g/mol. The zero-order valence-electron chi connectivity index (χ0n) is 11.9. The minimum Gasteiger partial charge on any atom is -0.356 e. The Balaban J connectivity index is 2.40. The summed E-state index contributed by atoms with van der Waals surface area (Å²) < 4.78 is 0. The lowest BCUT2D eigenvalue weighted by Gasteiger charge is -2.16. The summed E-state index contributed by atoms with van der Waals surface area (Å²) in [5.41, 5.74) is 2.30. The minimum absolute atomic E-state index is 0.130. The van der Waals surface area contributed by atoms with Crippen molar-refractivity contribution in [2.45, 2.75) is 39.5 Å². The molecule has 1 atom stereocenters. The van der Waals surface area contributed by atoms with E-state index in [1.54, 1.807) is 0 Å². The number of carbonyl (C=O) groups is 1. The van der Waals surface area contributed by atoms with Crippen LogP contribution >= 0.6 is 15.9 Å². The van der Waals surface area contributed by atoms with Gasteiger partial charge in [-0.15, -0.1) is 0 Å². The third-order valence-corrected chi connectivity index (χ3v) is 3.87. The maximum absolute atomic E-state index is 12.0. The molecule has 3 heteroatoms. The van der Waals surface area contributed by atoms with Gasteiger partial charge in [-0.25, -0.2) is 0 Å². The van der Waals surface area contributed by atoms with E-state index >= 15 is 0 Å². The predicted octanol–water partition coefficient (Wildman–Crippen LogP) is 3.86. The molecule has 1 unspecified atom stereocenters. The summed E-state index contributed by atoms with van der Waals surface area (Å²) in [4.78, 5) is 12.0. The number of benzene rings is 1. The van der Waals surface area contributed by atoms with E-state index in [1.807, 2.05) is 31.2 Å². The van der Waals surface area contributed by atoms with Gasteiger partial charge in [-0.05, 0) is 36.8 Å². The molecular weight excluding hydrogens is 302 g/mol. The average Bonchev–Trinajstić information content (AvgIpc) is 2.39. The number of rotatable bonds is 8. The van der Waals surface area contributed by atoms with Gasteiger partial charge in [-0.2, -0.15) is 0 Å². The maximum atomic E-state index is 12.0. The third kappa shape index (κ3) is 6.24. The summed E-state index contributed by atoms with van der Waals surface area (Å²) in [5.74, 6) is 0.718. The first kappa shape index (κ1) is 16.2. The summed E-state index contributed by atoms with van der Waals surface area (Å²) >= 11 is 3.48. The monoisotopic (exact) mass is 325 g/mol. The summed E-state index contributed by atoms with van der Waals surface area (Å²) in [5, 5.41) is 4.07. The van der Waals surface area contributed by atoms with Gasteiger partial charge in [0.1, 0.15) is 0 Å². The smallest absolute Gasteiger partial charge is 0.224 e. The Kier molecular flexibility index (Phi) is 7.80. The zero-order valence-corrected chi connectivity index (χ0v) is 13.5. The molecular formula is C16H24BrNO. The number of hydrogen-bond donors (Lipinski definition) is 1. The molecule has 1 aromatic carbocycles. The highest BCUT2D eigenvalue weighted by Gasteiger charge is 2.10. The molecule has 0 heterocycles. The molecule has 0 aliphatic rings. The Bertz CT molecular complexity index is 386. The van der Waals surface area contributed by atoms with Crippen molar-refractivity contribution in [3.8, 4) is 0 Å². The highest BCUT2D eigenvalue weighted by molar-refractivity contribution is 9.09. The standard InChI is InChI=1S/C16H24BrNO/c1-3-6-14(9-10-17)12-18-16(19)11-15-8-5-4-7-13(15)2/h4-5,7-8,14H,3,6,9-12H2,1-2H3,(H,18,19). The van der Waals surface area contributed by atoms with E-state index in [4.69, 9.17) is 0 Å². The lowest BCUT2D eigenvalue weighted by Crippen LogP contribution is -2.30. The molecule has 2 nitrogen and oxygen atoms in total. The number of carbonyl (C=O) groups excluding carboxylic acids is 1. The van der Waals surface area contributed by atoms with Gasteiger partial charge in [-0.3, -0.25) is 4.79 Å². The van der Waals surface area contributed by atoms with Crippen LogP contribution < -0.4 is 5.32 Å². The molecule has 1 N–H and O–H groups in total. The Morgan fingerprint density at radius 1 is 1.32 bits per heavy atom. The van der Waals surface area contributed by atoms with Crippen molar-refractivity contribution in [3.63, 3.8) is 0 Å². The molecule has 19 heavy (non-hydrogen) atoms. The second-order valence-electron chi connectivity index (χ2n) is 5.04. The van der Waals surface area contributed by atoms with Crippen LogP contribution in [0.3, 0.4) is 0 Å². The van der Waals surface area contributed by atoms with E-state index < -0.39 is 0 Å². The molecule has 0 fully saturated rings. The molecule has 0 radical (unpaired) electrons. The van der Waals surface area contributed by atoms with E-state index in [0.29, 0.717) is 12.3 Å². The van der Waals surface area contributed by atoms with Crippen LogP contribution in [0.2, 0.25) is 0 Å². The number of nitrogens with one attached hydrogen (secondary N) is 1. The van der Waals surface area contributed by atoms with Crippen molar-refractivity contribution >= 4 is 21.8 Å². The molecule has 1 aromatic rings. The van der Waals surface area contributed by atoms with Gasteiger partial charge in [0.2, 0.25) is 5.91 Å². The number of halogens is 1. The second kappa shape index (κ2) is 9.13. The summed E-state index contributed by atoms with van der Waals surface area (Å²) in [6.45, 7) is 5.04. The van der Waals surface area contributed by atoms with Gasteiger partial charge >= 0.3 is 0 Å². The highest BCUT2D eigenvalue weighted by Crippen LogP contribution is 2.12. The lowest BCUT2D eigenvalue weighted by molar-refractivity contribution is -0.120. The number of aryl methyl sites for hydroxylation is 1. The van der Waals surface area contributed by atoms with E-state index in [1.165, 1.54) is 18.4 Å².